The Morgan fingerprint density at radius 2 is 2.12 bits per heavy atom. The van der Waals surface area contributed by atoms with Gasteiger partial charge in [0.25, 0.3) is 0 Å². The Morgan fingerprint density at radius 3 is 2.81 bits per heavy atom. The van der Waals surface area contributed by atoms with Gasteiger partial charge in [-0.15, -0.1) is 0 Å². The minimum absolute atomic E-state index is 0.113. The van der Waals surface area contributed by atoms with Gasteiger partial charge in [0.05, 0.1) is 12.7 Å². The van der Waals surface area contributed by atoms with E-state index in [1.165, 1.54) is 5.56 Å². The van der Waals surface area contributed by atoms with E-state index in [1.54, 1.807) is 0 Å². The molecule has 1 aromatic rings. The number of benzene rings is 1. The topological polar surface area (TPSA) is 29.5 Å². The lowest BCUT2D eigenvalue weighted by Crippen LogP contribution is -2.29. The molecule has 0 aromatic heterocycles. The third-order valence-corrected chi connectivity index (χ3v) is 2.87. The minimum atomic E-state index is -0.392. The highest BCUT2D eigenvalue weighted by Crippen LogP contribution is 2.13. The second-order valence-electron chi connectivity index (χ2n) is 4.14. The summed E-state index contributed by atoms with van der Waals surface area (Å²) in [6.07, 6.45) is 6.16. The van der Waals surface area contributed by atoms with Crippen molar-refractivity contribution in [2.45, 2.75) is 31.5 Å². The van der Waals surface area contributed by atoms with E-state index in [0.717, 1.165) is 25.9 Å². The Kier molecular flexibility index (Phi) is 4.14. The molecule has 2 heteroatoms. The van der Waals surface area contributed by atoms with Crippen molar-refractivity contribution in [1.29, 1.82) is 0 Å². The third kappa shape index (κ3) is 3.19. The molecule has 0 aliphatic carbocycles. The Labute approximate surface area is 96.6 Å². The van der Waals surface area contributed by atoms with Gasteiger partial charge in [-0.1, -0.05) is 42.5 Å². The highest BCUT2D eigenvalue weighted by atomic mass is 16.5. The van der Waals surface area contributed by atoms with E-state index in [-0.39, 0.29) is 6.10 Å². The lowest BCUT2D eigenvalue weighted by molar-refractivity contribution is -0.0170. The van der Waals surface area contributed by atoms with Gasteiger partial charge in [-0.3, -0.25) is 0 Å². The van der Waals surface area contributed by atoms with E-state index in [2.05, 4.69) is 18.2 Å². The molecule has 0 radical (unpaired) electrons. The largest absolute Gasteiger partial charge is 0.390 e. The van der Waals surface area contributed by atoms with Crippen LogP contribution >= 0.6 is 0 Å². The van der Waals surface area contributed by atoms with Crippen molar-refractivity contribution in [2.24, 2.45) is 0 Å². The van der Waals surface area contributed by atoms with Gasteiger partial charge >= 0.3 is 0 Å². The monoisotopic (exact) mass is 218 g/mol. The van der Waals surface area contributed by atoms with Crippen molar-refractivity contribution in [2.75, 3.05) is 6.61 Å². The zero-order valence-corrected chi connectivity index (χ0v) is 9.38. The van der Waals surface area contributed by atoms with Crippen LogP contribution in [0, 0.1) is 0 Å². The fraction of sp³-hybridized carbons (Fsp3) is 0.429. The van der Waals surface area contributed by atoms with Crippen LogP contribution in [-0.2, 0) is 11.2 Å². The Hall–Kier alpha value is -1.12. The van der Waals surface area contributed by atoms with Crippen LogP contribution in [0.2, 0.25) is 0 Å². The summed E-state index contributed by atoms with van der Waals surface area (Å²) in [4.78, 5) is 0. The Balaban J connectivity index is 1.81. The number of aliphatic hydroxyl groups excluding tert-OH is 1. The normalized spacial score (nSPS) is 21.9. The number of hydrogen-bond donors (Lipinski definition) is 1. The molecule has 0 bridgehead atoms. The highest BCUT2D eigenvalue weighted by molar-refractivity contribution is 5.15. The lowest BCUT2D eigenvalue weighted by Gasteiger charge is -2.22. The molecule has 0 fully saturated rings. The first-order valence-corrected chi connectivity index (χ1v) is 5.86. The van der Waals surface area contributed by atoms with Crippen LogP contribution in [0.1, 0.15) is 18.4 Å². The standard InChI is InChI=1S/C14H18O2/c15-13(14-8-4-5-11-16-14)10-9-12-6-2-1-3-7-12/h1-4,6-8,13-15H,5,9-11H2/t13-,14-/m1/s1. The molecule has 1 aliphatic heterocycles. The predicted molar refractivity (Wildman–Crippen MR) is 64.3 cm³/mol. The van der Waals surface area contributed by atoms with Gasteiger partial charge in [-0.05, 0) is 24.8 Å². The number of aliphatic hydroxyl groups is 1. The van der Waals surface area contributed by atoms with Crippen molar-refractivity contribution in [1.82, 2.24) is 0 Å². The van der Waals surface area contributed by atoms with E-state index in [4.69, 9.17) is 4.74 Å². The maximum atomic E-state index is 9.96. The SMILES string of the molecule is O[C@H](CCc1ccccc1)[C@H]1C=CCCO1. The fourth-order valence-electron chi connectivity index (χ4n) is 1.92. The second-order valence-corrected chi connectivity index (χ2v) is 4.14. The summed E-state index contributed by atoms with van der Waals surface area (Å²) in [7, 11) is 0. The molecular weight excluding hydrogens is 200 g/mol. The summed E-state index contributed by atoms with van der Waals surface area (Å²) < 4.78 is 5.49. The number of ether oxygens (including phenoxy) is 1. The van der Waals surface area contributed by atoms with Crippen LogP contribution in [0.25, 0.3) is 0 Å². The molecule has 0 saturated heterocycles. The molecule has 1 N–H and O–H groups in total. The van der Waals surface area contributed by atoms with Crippen molar-refractivity contribution in [3.05, 3.63) is 48.0 Å². The average molecular weight is 218 g/mol. The molecule has 0 unspecified atom stereocenters. The summed E-state index contributed by atoms with van der Waals surface area (Å²) in [6.45, 7) is 0.726. The van der Waals surface area contributed by atoms with Crippen molar-refractivity contribution in [3.8, 4) is 0 Å². The van der Waals surface area contributed by atoms with Gasteiger partial charge in [0.1, 0.15) is 6.10 Å². The number of aryl methyl sites for hydroxylation is 1. The van der Waals surface area contributed by atoms with E-state index < -0.39 is 6.10 Å². The third-order valence-electron chi connectivity index (χ3n) is 2.87. The lowest BCUT2D eigenvalue weighted by atomic mass is 10.0. The van der Waals surface area contributed by atoms with Crippen LogP contribution in [0.4, 0.5) is 0 Å². The maximum absolute atomic E-state index is 9.96. The van der Waals surface area contributed by atoms with Crippen LogP contribution in [0.3, 0.4) is 0 Å². The van der Waals surface area contributed by atoms with Gasteiger partial charge in [0, 0.05) is 0 Å². The average Bonchev–Trinajstić information content (AvgIpc) is 2.38. The molecule has 2 nitrogen and oxygen atoms in total. The Morgan fingerprint density at radius 1 is 1.31 bits per heavy atom. The molecule has 1 aliphatic rings. The molecule has 1 heterocycles. The summed E-state index contributed by atoms with van der Waals surface area (Å²) >= 11 is 0. The highest BCUT2D eigenvalue weighted by Gasteiger charge is 2.18. The summed E-state index contributed by atoms with van der Waals surface area (Å²) in [5.74, 6) is 0. The zero-order valence-electron chi connectivity index (χ0n) is 9.38. The van der Waals surface area contributed by atoms with Gasteiger partial charge < -0.3 is 9.84 Å². The molecule has 1 aromatic carbocycles. The molecule has 2 atom stereocenters. The quantitative estimate of drug-likeness (QED) is 0.786. The van der Waals surface area contributed by atoms with Crippen molar-refractivity contribution >= 4 is 0 Å². The summed E-state index contributed by atoms with van der Waals surface area (Å²) in [5, 5.41) is 9.96. The molecule has 0 saturated carbocycles. The smallest absolute Gasteiger partial charge is 0.101 e. The molecule has 2 rings (SSSR count). The first-order valence-electron chi connectivity index (χ1n) is 5.86. The molecule has 16 heavy (non-hydrogen) atoms. The first kappa shape index (κ1) is 11.4. The predicted octanol–water partition coefficient (Wildman–Crippen LogP) is 2.33. The fourth-order valence-corrected chi connectivity index (χ4v) is 1.92. The zero-order chi connectivity index (χ0) is 11.2. The van der Waals surface area contributed by atoms with Gasteiger partial charge in [0.2, 0.25) is 0 Å². The summed E-state index contributed by atoms with van der Waals surface area (Å²) in [6, 6.07) is 10.2. The summed E-state index contributed by atoms with van der Waals surface area (Å²) in [5.41, 5.74) is 1.27. The first-order chi connectivity index (χ1) is 7.86. The van der Waals surface area contributed by atoms with Gasteiger partial charge in [-0.2, -0.15) is 0 Å². The van der Waals surface area contributed by atoms with Crippen LogP contribution < -0.4 is 0 Å². The van der Waals surface area contributed by atoms with E-state index in [1.807, 2.05) is 24.3 Å². The second kappa shape index (κ2) is 5.83. The maximum Gasteiger partial charge on any atom is 0.101 e. The van der Waals surface area contributed by atoms with Gasteiger partial charge in [0.15, 0.2) is 0 Å². The van der Waals surface area contributed by atoms with E-state index in [0.29, 0.717) is 0 Å². The van der Waals surface area contributed by atoms with Crippen molar-refractivity contribution in [3.63, 3.8) is 0 Å². The Bertz CT molecular complexity index is 332. The van der Waals surface area contributed by atoms with Crippen LogP contribution in [0.15, 0.2) is 42.5 Å². The molecule has 86 valence electrons. The minimum Gasteiger partial charge on any atom is -0.390 e. The number of rotatable bonds is 4. The number of hydrogen-bond acceptors (Lipinski definition) is 2. The molecule has 0 spiro atoms. The van der Waals surface area contributed by atoms with E-state index in [9.17, 15) is 5.11 Å². The molecule has 0 amide bonds. The van der Waals surface area contributed by atoms with Crippen molar-refractivity contribution < 1.29 is 9.84 Å². The van der Waals surface area contributed by atoms with Crippen LogP contribution in [-0.4, -0.2) is 23.9 Å². The van der Waals surface area contributed by atoms with E-state index >= 15 is 0 Å². The van der Waals surface area contributed by atoms with Crippen LogP contribution in [0.5, 0.6) is 0 Å². The molecular formula is C14H18O2. The van der Waals surface area contributed by atoms with Gasteiger partial charge in [-0.25, -0.2) is 0 Å².